The fourth-order valence-electron chi connectivity index (χ4n) is 1.72. The van der Waals surface area contributed by atoms with Crippen molar-refractivity contribution in [3.05, 3.63) is 23.8 Å². The molecule has 0 fully saturated rings. The highest BCUT2D eigenvalue weighted by Gasteiger charge is 2.22. The summed E-state index contributed by atoms with van der Waals surface area (Å²) in [5, 5.41) is 0. The molecule has 1 heterocycles. The van der Waals surface area contributed by atoms with Crippen LogP contribution in [0.1, 0.15) is 17.3 Å². The zero-order valence-corrected chi connectivity index (χ0v) is 10.0. The first-order valence-corrected chi connectivity index (χ1v) is 5.55. The van der Waals surface area contributed by atoms with Crippen LogP contribution in [0.3, 0.4) is 0 Å². The first kappa shape index (κ1) is 12.4. The Kier molecular flexibility index (Phi) is 3.47. The molecule has 2 amide bonds. The largest absolute Gasteiger partial charge is 0.454 e. The van der Waals surface area contributed by atoms with Crippen molar-refractivity contribution in [2.24, 2.45) is 5.73 Å². The summed E-state index contributed by atoms with van der Waals surface area (Å²) in [5.41, 5.74) is 5.76. The molecule has 0 spiro atoms. The van der Waals surface area contributed by atoms with Gasteiger partial charge in [-0.1, -0.05) is 0 Å². The van der Waals surface area contributed by atoms with Gasteiger partial charge < -0.3 is 15.2 Å². The van der Waals surface area contributed by atoms with Gasteiger partial charge in [-0.25, -0.2) is 0 Å². The number of hydrogen-bond acceptors (Lipinski definition) is 5. The molecule has 0 aliphatic carbocycles. The lowest BCUT2D eigenvalue weighted by atomic mass is 10.1. The molecule has 1 aliphatic heterocycles. The minimum atomic E-state index is -0.383. The van der Waals surface area contributed by atoms with Gasteiger partial charge in [-0.2, -0.15) is 0 Å². The number of carbonyl (C=O) groups is 2. The molecule has 0 saturated carbocycles. The number of hydrogen-bond donors (Lipinski definition) is 1. The summed E-state index contributed by atoms with van der Waals surface area (Å²) in [6.45, 7) is 1.91. The van der Waals surface area contributed by atoms with Gasteiger partial charge in [-0.3, -0.25) is 14.5 Å². The molecule has 96 valence electrons. The van der Waals surface area contributed by atoms with Crippen LogP contribution in [0, 0.1) is 0 Å². The zero-order valence-electron chi connectivity index (χ0n) is 10.0. The van der Waals surface area contributed by atoms with Crippen molar-refractivity contribution in [1.29, 1.82) is 0 Å². The summed E-state index contributed by atoms with van der Waals surface area (Å²) in [6, 6.07) is 4.82. The van der Waals surface area contributed by atoms with Gasteiger partial charge in [0, 0.05) is 25.6 Å². The third-order valence-electron chi connectivity index (χ3n) is 2.60. The average Bonchev–Trinajstić information content (AvgIpc) is 2.81. The Morgan fingerprint density at radius 3 is 2.72 bits per heavy atom. The quantitative estimate of drug-likeness (QED) is 0.837. The monoisotopic (exact) mass is 250 g/mol. The SMILES string of the molecule is CC(=O)N(CCN)C(=O)c1ccc2c(c1)OCO2. The Hall–Kier alpha value is -2.08. The number of amides is 2. The summed E-state index contributed by atoms with van der Waals surface area (Å²) < 4.78 is 10.3. The van der Waals surface area contributed by atoms with Crippen molar-refractivity contribution in [3.8, 4) is 11.5 Å². The number of ether oxygens (including phenoxy) is 2. The molecule has 0 radical (unpaired) electrons. The van der Waals surface area contributed by atoms with Crippen molar-refractivity contribution in [2.45, 2.75) is 6.92 Å². The van der Waals surface area contributed by atoms with E-state index in [0.717, 1.165) is 4.90 Å². The van der Waals surface area contributed by atoms with Gasteiger partial charge in [0.2, 0.25) is 12.7 Å². The predicted octanol–water partition coefficient (Wildman–Crippen LogP) is 0.363. The number of benzene rings is 1. The third kappa shape index (κ3) is 2.28. The highest BCUT2D eigenvalue weighted by molar-refractivity contribution is 6.04. The van der Waals surface area contributed by atoms with E-state index in [1.807, 2.05) is 0 Å². The molecule has 0 bridgehead atoms. The van der Waals surface area contributed by atoms with Crippen LogP contribution in [0.5, 0.6) is 11.5 Å². The Balaban J connectivity index is 2.24. The van der Waals surface area contributed by atoms with E-state index in [2.05, 4.69) is 0 Å². The molecule has 0 saturated heterocycles. The van der Waals surface area contributed by atoms with Crippen molar-refractivity contribution in [3.63, 3.8) is 0 Å². The number of nitrogens with zero attached hydrogens (tertiary/aromatic N) is 1. The molecule has 6 nitrogen and oxygen atoms in total. The molecule has 18 heavy (non-hydrogen) atoms. The van der Waals surface area contributed by atoms with Crippen molar-refractivity contribution in [2.75, 3.05) is 19.9 Å². The van der Waals surface area contributed by atoms with Crippen molar-refractivity contribution >= 4 is 11.8 Å². The Morgan fingerprint density at radius 1 is 1.33 bits per heavy atom. The van der Waals surface area contributed by atoms with Crippen molar-refractivity contribution in [1.82, 2.24) is 4.90 Å². The maximum atomic E-state index is 12.1. The fraction of sp³-hybridized carbons (Fsp3) is 0.333. The second-order valence-corrected chi connectivity index (χ2v) is 3.83. The van der Waals surface area contributed by atoms with Crippen LogP contribution in [0.25, 0.3) is 0 Å². The topological polar surface area (TPSA) is 81.9 Å². The van der Waals surface area contributed by atoms with Crippen molar-refractivity contribution < 1.29 is 19.1 Å². The van der Waals surface area contributed by atoms with Gasteiger partial charge in [0.1, 0.15) is 0 Å². The van der Waals surface area contributed by atoms with Gasteiger partial charge in [0.15, 0.2) is 11.5 Å². The number of rotatable bonds is 3. The van der Waals surface area contributed by atoms with Crippen LogP contribution in [-0.4, -0.2) is 36.6 Å². The van der Waals surface area contributed by atoms with Crippen LogP contribution in [-0.2, 0) is 4.79 Å². The number of nitrogens with two attached hydrogens (primary N) is 1. The zero-order chi connectivity index (χ0) is 13.1. The van der Waals surface area contributed by atoms with Crippen LogP contribution < -0.4 is 15.2 Å². The number of fused-ring (bicyclic) bond motifs is 1. The van der Waals surface area contributed by atoms with Crippen LogP contribution in [0.4, 0.5) is 0 Å². The Bertz CT molecular complexity index is 487. The van der Waals surface area contributed by atoms with Gasteiger partial charge >= 0.3 is 0 Å². The summed E-state index contributed by atoms with van der Waals surface area (Å²) in [4.78, 5) is 24.6. The fourth-order valence-corrected chi connectivity index (χ4v) is 1.72. The first-order valence-electron chi connectivity index (χ1n) is 5.55. The Labute approximate surface area is 104 Å². The number of imide groups is 1. The second-order valence-electron chi connectivity index (χ2n) is 3.83. The van der Waals surface area contributed by atoms with Gasteiger partial charge in [0.05, 0.1) is 0 Å². The maximum Gasteiger partial charge on any atom is 0.260 e. The van der Waals surface area contributed by atoms with E-state index in [4.69, 9.17) is 15.2 Å². The summed E-state index contributed by atoms with van der Waals surface area (Å²) in [5.74, 6) is 0.395. The number of carbonyl (C=O) groups excluding carboxylic acids is 2. The first-order chi connectivity index (χ1) is 8.63. The van der Waals surface area contributed by atoms with Gasteiger partial charge in [-0.15, -0.1) is 0 Å². The standard InChI is InChI=1S/C12H14N2O4/c1-8(15)14(5-4-13)12(16)9-2-3-10-11(6-9)18-7-17-10/h2-3,6H,4-5,7,13H2,1H3. The van der Waals surface area contributed by atoms with Crippen LogP contribution >= 0.6 is 0 Å². The lowest BCUT2D eigenvalue weighted by Gasteiger charge is -2.18. The van der Waals surface area contributed by atoms with E-state index in [9.17, 15) is 9.59 Å². The van der Waals surface area contributed by atoms with E-state index >= 15 is 0 Å². The van der Waals surface area contributed by atoms with E-state index in [1.165, 1.54) is 6.92 Å². The molecule has 0 atom stereocenters. The molecular weight excluding hydrogens is 236 g/mol. The minimum absolute atomic E-state index is 0.145. The molecule has 0 unspecified atom stereocenters. The molecular formula is C12H14N2O4. The highest BCUT2D eigenvalue weighted by Crippen LogP contribution is 2.32. The predicted molar refractivity (Wildman–Crippen MR) is 63.3 cm³/mol. The smallest absolute Gasteiger partial charge is 0.260 e. The lowest BCUT2D eigenvalue weighted by molar-refractivity contribution is -0.126. The van der Waals surface area contributed by atoms with Crippen LogP contribution in [0.2, 0.25) is 0 Å². The Morgan fingerprint density at radius 2 is 2.06 bits per heavy atom. The minimum Gasteiger partial charge on any atom is -0.454 e. The van der Waals surface area contributed by atoms with E-state index in [0.29, 0.717) is 17.1 Å². The summed E-state index contributed by atoms with van der Waals surface area (Å²) >= 11 is 0. The lowest BCUT2D eigenvalue weighted by Crippen LogP contribution is -2.38. The normalized spacial score (nSPS) is 12.3. The highest BCUT2D eigenvalue weighted by atomic mass is 16.7. The van der Waals surface area contributed by atoms with Gasteiger partial charge in [0.25, 0.3) is 5.91 Å². The molecule has 2 N–H and O–H groups in total. The second kappa shape index (κ2) is 5.05. The molecule has 1 aromatic rings. The molecule has 1 aliphatic rings. The molecule has 2 rings (SSSR count). The van der Waals surface area contributed by atoms with Crippen LogP contribution in [0.15, 0.2) is 18.2 Å². The van der Waals surface area contributed by atoms with Gasteiger partial charge in [-0.05, 0) is 18.2 Å². The maximum absolute atomic E-state index is 12.1. The van der Waals surface area contributed by atoms with E-state index < -0.39 is 0 Å². The van der Waals surface area contributed by atoms with E-state index in [-0.39, 0.29) is 31.7 Å². The molecule has 1 aromatic carbocycles. The van der Waals surface area contributed by atoms with E-state index in [1.54, 1.807) is 18.2 Å². The summed E-state index contributed by atoms with van der Waals surface area (Å²) in [6.07, 6.45) is 0. The molecule has 0 aromatic heterocycles. The average molecular weight is 250 g/mol. The molecule has 6 heteroatoms. The third-order valence-corrected chi connectivity index (χ3v) is 2.60. The summed E-state index contributed by atoms with van der Waals surface area (Å²) in [7, 11) is 0.